The second-order valence-electron chi connectivity index (χ2n) is 8.87. The number of nitrogens with one attached hydrogen (secondary N) is 2. The molecule has 0 aromatic heterocycles. The third-order valence-corrected chi connectivity index (χ3v) is 6.12. The Morgan fingerprint density at radius 2 is 1.78 bits per heavy atom. The van der Waals surface area contributed by atoms with Gasteiger partial charge in [0.05, 0.1) is 0 Å². The summed E-state index contributed by atoms with van der Waals surface area (Å²) in [6, 6.07) is 2.15. The molecule has 1 saturated carbocycles. The van der Waals surface area contributed by atoms with E-state index in [-0.39, 0.29) is 43.3 Å². The van der Waals surface area contributed by atoms with Gasteiger partial charge in [-0.25, -0.2) is 8.78 Å². The zero-order valence-corrected chi connectivity index (χ0v) is 17.9. The van der Waals surface area contributed by atoms with Gasteiger partial charge in [0.1, 0.15) is 23.5 Å². The van der Waals surface area contributed by atoms with Gasteiger partial charge in [0.25, 0.3) is 0 Å². The Kier molecular flexibility index (Phi) is 7.93. The Balaban J connectivity index is 1.57. The van der Waals surface area contributed by atoms with Crippen molar-refractivity contribution in [3.8, 4) is 0 Å². The van der Waals surface area contributed by atoms with Crippen LogP contribution in [-0.2, 0) is 25.6 Å². The fraction of sp³-hybridized carbons (Fsp3) is 0.565. The van der Waals surface area contributed by atoms with Gasteiger partial charge < -0.3 is 16.4 Å². The molecule has 3 atom stereocenters. The lowest BCUT2D eigenvalue weighted by molar-refractivity contribution is -0.133. The lowest BCUT2D eigenvalue weighted by Crippen LogP contribution is -2.48. The predicted octanol–water partition coefficient (Wildman–Crippen LogP) is 1.77. The van der Waals surface area contributed by atoms with E-state index in [4.69, 9.17) is 5.73 Å². The number of hydrogen-bond acceptors (Lipinski definition) is 4. The fourth-order valence-electron chi connectivity index (χ4n) is 4.15. The molecule has 32 heavy (non-hydrogen) atoms. The smallest absolute Gasteiger partial charge is 0.240 e. The van der Waals surface area contributed by atoms with Crippen LogP contribution in [0, 0.1) is 29.4 Å². The maximum atomic E-state index is 13.3. The standard InChI is InChI=1S/C23H29F2N3O4/c24-17-8-14(9-18(25)12-17)3-4-19(29)10-16(7-13-1-2-13)23(32)28-20(21(26)30)11-15-5-6-27-22(15)31/h8-9,12-13,15-16,20H,1-7,10-11H2,(H2,26,30)(H,27,31)(H,28,32)/t15-,16+,20-/m0/s1. The second kappa shape index (κ2) is 10.7. The van der Waals surface area contributed by atoms with Gasteiger partial charge in [-0.15, -0.1) is 0 Å². The maximum Gasteiger partial charge on any atom is 0.240 e. The number of ketones is 1. The van der Waals surface area contributed by atoms with Crippen LogP contribution >= 0.6 is 0 Å². The number of amides is 3. The molecule has 9 heteroatoms. The van der Waals surface area contributed by atoms with Crippen molar-refractivity contribution < 1.29 is 28.0 Å². The van der Waals surface area contributed by atoms with Crippen molar-refractivity contribution in [3.63, 3.8) is 0 Å². The molecular weight excluding hydrogens is 420 g/mol. The number of carbonyl (C=O) groups excluding carboxylic acids is 4. The number of carbonyl (C=O) groups is 4. The molecule has 2 aliphatic rings. The molecule has 0 unspecified atom stereocenters. The zero-order chi connectivity index (χ0) is 23.3. The van der Waals surface area contributed by atoms with Crippen molar-refractivity contribution in [2.45, 2.75) is 57.4 Å². The Labute approximate surface area is 185 Å². The molecular formula is C23H29F2N3O4. The number of Topliss-reactive ketones (excluding diaryl/α,β-unsaturated/α-hetero) is 1. The lowest BCUT2D eigenvalue weighted by Gasteiger charge is -2.22. The monoisotopic (exact) mass is 449 g/mol. The molecule has 0 bridgehead atoms. The molecule has 1 aromatic rings. The number of primary amides is 1. The first kappa shape index (κ1) is 23.8. The maximum absolute atomic E-state index is 13.3. The van der Waals surface area contributed by atoms with Gasteiger partial charge in [-0.3, -0.25) is 19.2 Å². The average Bonchev–Trinajstić information content (AvgIpc) is 3.44. The van der Waals surface area contributed by atoms with Crippen molar-refractivity contribution in [2.24, 2.45) is 23.5 Å². The first-order valence-corrected chi connectivity index (χ1v) is 11.1. The van der Waals surface area contributed by atoms with Gasteiger partial charge in [-0.1, -0.05) is 12.8 Å². The highest BCUT2D eigenvalue weighted by Gasteiger charge is 2.34. The minimum Gasteiger partial charge on any atom is -0.368 e. The van der Waals surface area contributed by atoms with E-state index in [1.165, 1.54) is 12.1 Å². The Morgan fingerprint density at radius 1 is 1.09 bits per heavy atom. The number of nitrogens with two attached hydrogens (primary N) is 1. The summed E-state index contributed by atoms with van der Waals surface area (Å²) in [5.41, 5.74) is 5.82. The van der Waals surface area contributed by atoms with Crippen molar-refractivity contribution >= 4 is 23.5 Å². The molecule has 0 spiro atoms. The van der Waals surface area contributed by atoms with E-state index in [1.807, 2.05) is 0 Å². The lowest BCUT2D eigenvalue weighted by atomic mass is 9.91. The van der Waals surface area contributed by atoms with Gasteiger partial charge in [0.15, 0.2) is 0 Å². The van der Waals surface area contributed by atoms with E-state index >= 15 is 0 Å². The van der Waals surface area contributed by atoms with Crippen molar-refractivity contribution in [3.05, 3.63) is 35.4 Å². The quantitative estimate of drug-likeness (QED) is 0.451. The van der Waals surface area contributed by atoms with Crippen LogP contribution in [0.25, 0.3) is 0 Å². The molecule has 1 aliphatic carbocycles. The van der Waals surface area contributed by atoms with E-state index in [9.17, 15) is 28.0 Å². The van der Waals surface area contributed by atoms with Crippen molar-refractivity contribution in [1.82, 2.24) is 10.6 Å². The van der Waals surface area contributed by atoms with Crippen LogP contribution in [0.1, 0.15) is 50.5 Å². The van der Waals surface area contributed by atoms with Crippen LogP contribution in [0.15, 0.2) is 18.2 Å². The van der Waals surface area contributed by atoms with Gasteiger partial charge >= 0.3 is 0 Å². The van der Waals surface area contributed by atoms with Gasteiger partial charge in [0.2, 0.25) is 17.7 Å². The van der Waals surface area contributed by atoms with E-state index in [2.05, 4.69) is 10.6 Å². The third kappa shape index (κ3) is 7.10. The minimum absolute atomic E-state index is 0.0183. The number of halogens is 2. The van der Waals surface area contributed by atoms with E-state index in [0.29, 0.717) is 30.9 Å². The summed E-state index contributed by atoms with van der Waals surface area (Å²) in [7, 11) is 0. The highest BCUT2D eigenvalue weighted by molar-refractivity contribution is 5.91. The van der Waals surface area contributed by atoms with E-state index in [1.54, 1.807) is 0 Å². The van der Waals surface area contributed by atoms with E-state index in [0.717, 1.165) is 18.9 Å². The molecule has 4 N–H and O–H groups in total. The number of hydrogen-bond donors (Lipinski definition) is 3. The second-order valence-corrected chi connectivity index (χ2v) is 8.87. The Bertz CT molecular complexity index is 868. The topological polar surface area (TPSA) is 118 Å². The molecule has 174 valence electrons. The molecule has 2 fully saturated rings. The number of rotatable bonds is 12. The Hall–Kier alpha value is -2.84. The van der Waals surface area contributed by atoms with Crippen LogP contribution in [0.3, 0.4) is 0 Å². The number of aryl methyl sites for hydroxylation is 1. The van der Waals surface area contributed by atoms with Crippen LogP contribution < -0.4 is 16.4 Å². The molecule has 7 nitrogen and oxygen atoms in total. The van der Waals surface area contributed by atoms with Crippen molar-refractivity contribution in [1.29, 1.82) is 0 Å². The minimum atomic E-state index is -0.983. The molecule has 3 amide bonds. The molecule has 1 heterocycles. The highest BCUT2D eigenvalue weighted by Crippen LogP contribution is 2.36. The third-order valence-electron chi connectivity index (χ3n) is 6.12. The van der Waals surface area contributed by atoms with Crippen molar-refractivity contribution in [2.75, 3.05) is 6.54 Å². The average molecular weight is 449 g/mol. The SMILES string of the molecule is NC(=O)[C@H](C[C@@H]1CCNC1=O)NC(=O)[C@@H](CC(=O)CCc1cc(F)cc(F)c1)CC1CC1. The summed E-state index contributed by atoms with van der Waals surface area (Å²) in [6.45, 7) is 0.525. The summed E-state index contributed by atoms with van der Waals surface area (Å²) < 4.78 is 26.7. The Morgan fingerprint density at radius 3 is 2.34 bits per heavy atom. The summed E-state index contributed by atoms with van der Waals surface area (Å²) in [5.74, 6) is -3.54. The highest BCUT2D eigenvalue weighted by atomic mass is 19.1. The van der Waals surface area contributed by atoms with Crippen LogP contribution in [0.5, 0.6) is 0 Å². The summed E-state index contributed by atoms with van der Waals surface area (Å²) >= 11 is 0. The molecule has 1 aliphatic heterocycles. The normalized spacial score (nSPS) is 19.8. The first-order chi connectivity index (χ1) is 15.2. The largest absolute Gasteiger partial charge is 0.368 e. The van der Waals surface area contributed by atoms with Crippen LogP contribution in [-0.4, -0.2) is 36.1 Å². The summed E-state index contributed by atoms with van der Waals surface area (Å²) in [4.78, 5) is 49.1. The zero-order valence-electron chi connectivity index (χ0n) is 17.9. The summed E-state index contributed by atoms with van der Waals surface area (Å²) in [6.07, 6.45) is 3.41. The van der Waals surface area contributed by atoms with Crippen LogP contribution in [0.2, 0.25) is 0 Å². The fourth-order valence-corrected chi connectivity index (χ4v) is 4.15. The molecule has 3 rings (SSSR count). The first-order valence-electron chi connectivity index (χ1n) is 11.1. The molecule has 1 aromatic carbocycles. The van der Waals surface area contributed by atoms with E-state index < -0.39 is 35.4 Å². The van der Waals surface area contributed by atoms with Crippen LogP contribution in [0.4, 0.5) is 8.78 Å². The molecule has 1 saturated heterocycles. The predicted molar refractivity (Wildman–Crippen MR) is 112 cm³/mol. The van der Waals surface area contributed by atoms with Gasteiger partial charge in [-0.2, -0.15) is 0 Å². The number of benzene rings is 1. The molecule has 0 radical (unpaired) electrons. The van der Waals surface area contributed by atoms with Gasteiger partial charge in [0, 0.05) is 37.3 Å². The summed E-state index contributed by atoms with van der Waals surface area (Å²) in [5, 5.41) is 5.34. The van der Waals surface area contributed by atoms with Gasteiger partial charge in [-0.05, 0) is 49.3 Å².